The summed E-state index contributed by atoms with van der Waals surface area (Å²) in [6, 6.07) is 13.8. The Bertz CT molecular complexity index is 631. The average molecular weight is 288 g/mol. The van der Waals surface area contributed by atoms with Gasteiger partial charge in [0, 0.05) is 12.7 Å². The molecule has 0 aromatic heterocycles. The summed E-state index contributed by atoms with van der Waals surface area (Å²) >= 11 is 1.07. The second kappa shape index (κ2) is 6.57. The van der Waals surface area contributed by atoms with Gasteiger partial charge in [-0.3, -0.25) is 9.59 Å². The molecule has 4 heteroatoms. The molecule has 2 aromatic carbocycles. The first kappa shape index (κ1) is 14.6. The monoisotopic (exact) mass is 288 g/mol. The standard InChI is InChI=1S/C16H16O3S/c1-11(17)20-10-14(16(18)19)9-13-7-4-6-12-5-2-3-8-15(12)13/h2-8,14H,9-10H2,1H3,(H,18,19). The van der Waals surface area contributed by atoms with Crippen LogP contribution in [0, 0.1) is 5.92 Å². The number of carbonyl (C=O) groups excluding carboxylic acids is 1. The van der Waals surface area contributed by atoms with Crippen LogP contribution in [0.3, 0.4) is 0 Å². The van der Waals surface area contributed by atoms with E-state index >= 15 is 0 Å². The van der Waals surface area contributed by atoms with Gasteiger partial charge in [0.25, 0.3) is 0 Å². The first-order valence-electron chi connectivity index (χ1n) is 6.40. The highest BCUT2D eigenvalue weighted by molar-refractivity contribution is 8.13. The molecular weight excluding hydrogens is 272 g/mol. The van der Waals surface area contributed by atoms with Gasteiger partial charge in [-0.25, -0.2) is 0 Å². The van der Waals surface area contributed by atoms with Crippen LogP contribution in [0.15, 0.2) is 42.5 Å². The maximum absolute atomic E-state index is 11.3. The number of carbonyl (C=O) groups is 2. The molecule has 0 bridgehead atoms. The summed E-state index contributed by atoms with van der Waals surface area (Å²) < 4.78 is 0. The minimum absolute atomic E-state index is 0.0471. The molecule has 0 aliphatic rings. The highest BCUT2D eigenvalue weighted by atomic mass is 32.2. The van der Waals surface area contributed by atoms with E-state index in [-0.39, 0.29) is 5.12 Å². The molecule has 0 saturated carbocycles. The quantitative estimate of drug-likeness (QED) is 0.916. The third-order valence-corrected chi connectivity index (χ3v) is 4.16. The number of aliphatic carboxylic acids is 1. The largest absolute Gasteiger partial charge is 0.481 e. The van der Waals surface area contributed by atoms with Crippen LogP contribution in [0.4, 0.5) is 0 Å². The van der Waals surface area contributed by atoms with Crippen molar-refractivity contribution in [3.63, 3.8) is 0 Å². The summed E-state index contributed by atoms with van der Waals surface area (Å²) in [5, 5.41) is 11.4. The normalized spacial score (nSPS) is 12.2. The van der Waals surface area contributed by atoms with Crippen molar-refractivity contribution >= 4 is 33.6 Å². The van der Waals surface area contributed by atoms with Crippen molar-refractivity contribution in [1.29, 1.82) is 0 Å². The highest BCUT2D eigenvalue weighted by Gasteiger charge is 2.19. The van der Waals surface area contributed by atoms with E-state index in [0.717, 1.165) is 28.1 Å². The Morgan fingerprint density at radius 3 is 2.55 bits per heavy atom. The lowest BCUT2D eigenvalue weighted by Crippen LogP contribution is -2.19. The molecule has 1 atom stereocenters. The Kier molecular flexibility index (Phi) is 4.79. The lowest BCUT2D eigenvalue weighted by molar-refractivity contribution is -0.140. The Balaban J connectivity index is 2.24. The Morgan fingerprint density at radius 1 is 1.15 bits per heavy atom. The number of rotatable bonds is 5. The minimum Gasteiger partial charge on any atom is -0.481 e. The van der Waals surface area contributed by atoms with Crippen molar-refractivity contribution in [1.82, 2.24) is 0 Å². The molecule has 0 radical (unpaired) electrons. The second-order valence-corrected chi connectivity index (χ2v) is 5.88. The van der Waals surface area contributed by atoms with Gasteiger partial charge < -0.3 is 5.11 Å². The maximum atomic E-state index is 11.3. The van der Waals surface area contributed by atoms with E-state index in [4.69, 9.17) is 0 Å². The van der Waals surface area contributed by atoms with Crippen LogP contribution in [0.5, 0.6) is 0 Å². The van der Waals surface area contributed by atoms with Gasteiger partial charge in [-0.05, 0) is 22.8 Å². The van der Waals surface area contributed by atoms with Crippen LogP contribution in [-0.2, 0) is 16.0 Å². The molecule has 0 spiro atoms. The van der Waals surface area contributed by atoms with Crippen molar-refractivity contribution in [3.8, 4) is 0 Å². The molecule has 0 fully saturated rings. The Labute approximate surface area is 122 Å². The molecule has 0 aliphatic heterocycles. The van der Waals surface area contributed by atoms with E-state index in [0.29, 0.717) is 12.2 Å². The summed E-state index contributed by atoms with van der Waals surface area (Å²) in [5.41, 5.74) is 1.01. The number of carboxylic acids is 1. The van der Waals surface area contributed by atoms with Crippen molar-refractivity contribution in [2.75, 3.05) is 5.75 Å². The number of thioether (sulfide) groups is 1. The van der Waals surface area contributed by atoms with Gasteiger partial charge in [0.05, 0.1) is 5.92 Å². The lowest BCUT2D eigenvalue weighted by Gasteiger charge is -2.13. The molecule has 2 aromatic rings. The zero-order valence-corrected chi connectivity index (χ0v) is 12.0. The van der Waals surface area contributed by atoms with Crippen LogP contribution >= 0.6 is 11.8 Å². The summed E-state index contributed by atoms with van der Waals surface area (Å²) in [6.07, 6.45) is 0.441. The van der Waals surface area contributed by atoms with Crippen LogP contribution in [0.25, 0.3) is 10.8 Å². The van der Waals surface area contributed by atoms with Gasteiger partial charge >= 0.3 is 5.97 Å². The fraction of sp³-hybridized carbons (Fsp3) is 0.250. The first-order chi connectivity index (χ1) is 9.58. The van der Waals surface area contributed by atoms with Crippen LogP contribution in [0.2, 0.25) is 0 Å². The van der Waals surface area contributed by atoms with E-state index < -0.39 is 11.9 Å². The number of hydrogen-bond acceptors (Lipinski definition) is 3. The van der Waals surface area contributed by atoms with Gasteiger partial charge in [0.15, 0.2) is 5.12 Å². The molecular formula is C16H16O3S. The van der Waals surface area contributed by atoms with E-state index in [9.17, 15) is 14.7 Å². The highest BCUT2D eigenvalue weighted by Crippen LogP contribution is 2.23. The zero-order valence-electron chi connectivity index (χ0n) is 11.2. The number of carboxylic acid groups (broad SMARTS) is 1. The molecule has 0 heterocycles. The predicted molar refractivity (Wildman–Crippen MR) is 81.9 cm³/mol. The van der Waals surface area contributed by atoms with Crippen LogP contribution in [-0.4, -0.2) is 21.9 Å². The fourth-order valence-electron chi connectivity index (χ4n) is 2.17. The summed E-state index contributed by atoms with van der Waals surface area (Å²) in [7, 11) is 0. The number of fused-ring (bicyclic) bond motifs is 1. The number of hydrogen-bond donors (Lipinski definition) is 1. The molecule has 0 aliphatic carbocycles. The number of benzene rings is 2. The van der Waals surface area contributed by atoms with Gasteiger partial charge in [-0.1, -0.05) is 54.2 Å². The molecule has 104 valence electrons. The third kappa shape index (κ3) is 3.61. The first-order valence-corrected chi connectivity index (χ1v) is 7.39. The molecule has 1 unspecified atom stereocenters. The van der Waals surface area contributed by atoms with E-state index in [1.807, 2.05) is 42.5 Å². The zero-order chi connectivity index (χ0) is 14.5. The van der Waals surface area contributed by atoms with Crippen LogP contribution < -0.4 is 0 Å². The van der Waals surface area contributed by atoms with E-state index in [1.54, 1.807) is 0 Å². The van der Waals surface area contributed by atoms with Gasteiger partial charge in [0.1, 0.15) is 0 Å². The molecule has 2 rings (SSSR count). The third-order valence-electron chi connectivity index (χ3n) is 3.18. The molecule has 3 nitrogen and oxygen atoms in total. The van der Waals surface area contributed by atoms with Gasteiger partial charge in [0.2, 0.25) is 0 Å². The van der Waals surface area contributed by atoms with Crippen molar-refractivity contribution in [2.24, 2.45) is 5.92 Å². The Morgan fingerprint density at radius 2 is 1.85 bits per heavy atom. The van der Waals surface area contributed by atoms with Crippen molar-refractivity contribution in [3.05, 3.63) is 48.0 Å². The summed E-state index contributed by atoms with van der Waals surface area (Å²) in [6.45, 7) is 1.46. The maximum Gasteiger partial charge on any atom is 0.307 e. The molecule has 20 heavy (non-hydrogen) atoms. The van der Waals surface area contributed by atoms with Crippen molar-refractivity contribution < 1.29 is 14.7 Å². The topological polar surface area (TPSA) is 54.4 Å². The van der Waals surface area contributed by atoms with Crippen LogP contribution in [0.1, 0.15) is 12.5 Å². The SMILES string of the molecule is CC(=O)SCC(Cc1cccc2ccccc12)C(=O)O. The Hall–Kier alpha value is -1.81. The second-order valence-electron chi connectivity index (χ2n) is 4.68. The molecule has 0 saturated heterocycles. The van der Waals surface area contributed by atoms with E-state index in [1.165, 1.54) is 6.92 Å². The smallest absolute Gasteiger partial charge is 0.307 e. The van der Waals surface area contributed by atoms with Gasteiger partial charge in [-0.15, -0.1) is 0 Å². The predicted octanol–water partition coefficient (Wildman–Crippen LogP) is 3.36. The lowest BCUT2D eigenvalue weighted by atomic mass is 9.96. The summed E-state index contributed by atoms with van der Waals surface area (Å²) in [5.74, 6) is -1.09. The van der Waals surface area contributed by atoms with Crippen molar-refractivity contribution in [2.45, 2.75) is 13.3 Å². The van der Waals surface area contributed by atoms with E-state index in [2.05, 4.69) is 0 Å². The molecule has 0 amide bonds. The fourth-order valence-corrected chi connectivity index (χ4v) is 2.87. The van der Waals surface area contributed by atoms with Gasteiger partial charge in [-0.2, -0.15) is 0 Å². The summed E-state index contributed by atoms with van der Waals surface area (Å²) in [4.78, 5) is 22.3. The average Bonchev–Trinajstić information content (AvgIpc) is 2.43. The molecule has 1 N–H and O–H groups in total. The minimum atomic E-state index is -0.855.